The maximum absolute atomic E-state index is 12.0. The van der Waals surface area contributed by atoms with E-state index in [1.165, 1.54) is 48.5 Å². The van der Waals surface area contributed by atoms with Crippen LogP contribution in [0.3, 0.4) is 0 Å². The summed E-state index contributed by atoms with van der Waals surface area (Å²) in [7, 11) is 0. The van der Waals surface area contributed by atoms with Crippen molar-refractivity contribution in [2.24, 2.45) is 0 Å². The van der Waals surface area contributed by atoms with Crippen LogP contribution in [0.25, 0.3) is 0 Å². The molecule has 0 radical (unpaired) electrons. The average Bonchev–Trinajstić information content (AvgIpc) is 3.39. The molecule has 0 spiro atoms. The number of carboxylic acids is 2. The molecule has 0 saturated heterocycles. The van der Waals surface area contributed by atoms with Crippen molar-refractivity contribution in [3.63, 3.8) is 0 Å². The minimum absolute atomic E-state index is 0. The molecule has 7 N–H and O–H groups in total. The van der Waals surface area contributed by atoms with E-state index < -0.39 is 68.6 Å². The van der Waals surface area contributed by atoms with Crippen molar-refractivity contribution in [2.75, 3.05) is 25.4 Å². The standard InChI is InChI=1S/C17H16N2O5.C16H13ClN2O5.C10H12N2O3.C7H4ClNO4.FH.K/c1-12-7-8-14(9-15(12)19(22)23)17(21)18-10-16(20)24-11-13-5-3-2-4-6-13;17-13-7-6-12(8-14(13)19(22)23)16(21)18-9-15(20)24-10-11-4-2-1-3-5-11;1-6-2-3-7(4-8(6)11)10(15)12-5-9(13)14;8-5-2-1-4(7(10)11)3-6(5)9(12)13;;/h2-9H,10-11H2,1H3,(H,18,21);1-8H,9-10H2,(H,18,21);2-4H,5,11H2,1H3,(H,12,15)(H,13,14);1-3H,(H,10,11);1H;/q;;;;;+1/p-1/i;;;;1-1;. The summed E-state index contributed by atoms with van der Waals surface area (Å²) in [5.74, 6) is -5.15. The van der Waals surface area contributed by atoms with Gasteiger partial charge in [-0.1, -0.05) is 96.0 Å². The van der Waals surface area contributed by atoms with Gasteiger partial charge in [0.2, 0.25) is 0 Å². The van der Waals surface area contributed by atoms with Gasteiger partial charge < -0.3 is 46.1 Å². The second kappa shape index (κ2) is 34.4. The zero-order valence-corrected chi connectivity index (χ0v) is 45.9. The zero-order chi connectivity index (χ0) is 56.5. The van der Waals surface area contributed by atoms with E-state index >= 15 is 0 Å². The maximum Gasteiger partial charge on any atom is 1.00 e. The fraction of sp³-hybridized carbons (Fsp3) is 0.140. The van der Waals surface area contributed by atoms with E-state index in [1.807, 2.05) is 55.5 Å². The molecule has 24 nitrogen and oxygen atoms in total. The van der Waals surface area contributed by atoms with Gasteiger partial charge in [0.1, 0.15) is 42.9 Å². The molecule has 0 aromatic heterocycles. The quantitative estimate of drug-likeness (QED) is 0.0247. The molecule has 6 rings (SSSR count). The van der Waals surface area contributed by atoms with Crippen molar-refractivity contribution >= 4 is 87.6 Å². The summed E-state index contributed by atoms with van der Waals surface area (Å²) in [5, 5.41) is 55.7. The Hall–Kier alpha value is -8.24. The monoisotopic (exact) mass is 1140 g/mol. The van der Waals surface area contributed by atoms with Gasteiger partial charge in [0, 0.05) is 46.1 Å². The zero-order valence-electron chi connectivity index (χ0n) is 41.3. The number of esters is 2. The number of rotatable bonds is 17. The molecule has 28 heteroatoms. The van der Waals surface area contributed by atoms with E-state index in [1.54, 1.807) is 31.2 Å². The topological polar surface area (TPSA) is 370 Å². The van der Waals surface area contributed by atoms with Crippen LogP contribution in [0.2, 0.25) is 10.0 Å². The van der Waals surface area contributed by atoms with Gasteiger partial charge in [-0.05, 0) is 73.0 Å². The number of aliphatic carboxylic acids is 1. The van der Waals surface area contributed by atoms with Crippen molar-refractivity contribution in [3.8, 4) is 0 Å². The molecule has 0 bridgehead atoms. The Morgan fingerprint density at radius 2 is 0.859 bits per heavy atom. The maximum atomic E-state index is 12.0. The van der Waals surface area contributed by atoms with Gasteiger partial charge in [-0.25, -0.2) is 4.79 Å². The molecule has 0 unspecified atom stereocenters. The van der Waals surface area contributed by atoms with Crippen LogP contribution < -0.4 is 77.8 Å². The number of nitrogen functional groups attached to an aromatic ring is 1. The van der Waals surface area contributed by atoms with Crippen LogP contribution in [-0.2, 0) is 37.1 Å². The summed E-state index contributed by atoms with van der Waals surface area (Å²) in [6.07, 6.45) is 0. The number of hydrogen-bond acceptors (Lipinski definition) is 16. The second-order valence-corrected chi connectivity index (χ2v) is 16.0. The number of carboxylic acid groups (broad SMARTS) is 2. The third-order valence-electron chi connectivity index (χ3n) is 9.68. The Kier molecular flexibility index (Phi) is 29.9. The van der Waals surface area contributed by atoms with Crippen molar-refractivity contribution < 1.29 is 124 Å². The molecular weight excluding hydrogens is 1100 g/mol. The van der Waals surface area contributed by atoms with Gasteiger partial charge in [-0.3, -0.25) is 59.1 Å². The van der Waals surface area contributed by atoms with Gasteiger partial charge in [0.15, 0.2) is 0 Å². The molecule has 78 heavy (non-hydrogen) atoms. The van der Waals surface area contributed by atoms with Crippen molar-refractivity contribution in [2.45, 2.75) is 27.1 Å². The molecular formula is C50H45Cl2FKN7O17. The molecule has 0 atom stereocenters. The molecule has 404 valence electrons. The largest absolute Gasteiger partial charge is 1.00 e. The molecule has 0 fully saturated rings. The summed E-state index contributed by atoms with van der Waals surface area (Å²) in [4.78, 5) is 109. The van der Waals surface area contributed by atoms with Gasteiger partial charge in [-0.2, -0.15) is 0 Å². The van der Waals surface area contributed by atoms with Crippen LogP contribution in [0, 0.1) is 44.2 Å². The first-order chi connectivity index (χ1) is 36.0. The number of nitro benzene ring substituents is 3. The van der Waals surface area contributed by atoms with Crippen LogP contribution >= 0.6 is 23.2 Å². The molecule has 0 saturated carbocycles. The minimum Gasteiger partial charge on any atom is -1.00 e. The summed E-state index contributed by atoms with van der Waals surface area (Å²) in [5.41, 5.74) is 8.55. The average molecular weight is 1140 g/mol. The number of halogens is 3. The summed E-state index contributed by atoms with van der Waals surface area (Å²) in [6, 6.07) is 34.1. The van der Waals surface area contributed by atoms with E-state index in [2.05, 4.69) is 16.0 Å². The minimum atomic E-state index is -1.22. The third-order valence-corrected chi connectivity index (χ3v) is 10.3. The normalized spacial score (nSPS) is 9.64. The van der Waals surface area contributed by atoms with Crippen LogP contribution in [0.4, 0.5) is 22.7 Å². The number of benzene rings is 6. The van der Waals surface area contributed by atoms with Crippen LogP contribution in [0.1, 0.15) is 63.7 Å². The number of nitrogens with two attached hydrogens (primary N) is 1. The number of nitrogens with zero attached hydrogens (tertiary/aromatic N) is 3. The Labute approximate surface area is 494 Å². The van der Waals surface area contributed by atoms with E-state index in [9.17, 15) is 63.9 Å². The number of nitrogens with one attached hydrogen (secondary N) is 3. The first-order valence-electron chi connectivity index (χ1n) is 21.6. The van der Waals surface area contributed by atoms with Gasteiger partial charge in [0.25, 0.3) is 34.8 Å². The number of anilines is 1. The van der Waals surface area contributed by atoms with Crippen LogP contribution in [-0.4, -0.2) is 86.2 Å². The molecule has 6 aromatic carbocycles. The van der Waals surface area contributed by atoms with E-state index in [0.717, 1.165) is 28.8 Å². The Bertz CT molecular complexity index is 2990. The van der Waals surface area contributed by atoms with Gasteiger partial charge in [-0.15, -0.1) is 0 Å². The number of ether oxygens (including phenoxy) is 2. The number of carbonyl (C=O) groups excluding carboxylic acids is 5. The molecule has 0 heterocycles. The number of hydrogen-bond donors (Lipinski definition) is 6. The van der Waals surface area contributed by atoms with Crippen molar-refractivity contribution in [3.05, 3.63) is 218 Å². The first-order valence-corrected chi connectivity index (χ1v) is 22.4. The SMILES string of the molecule is Cc1ccc(C(=O)NCC(=O)O)cc1N.Cc1ccc(C(=O)NCC(=O)OCc2ccccc2)cc1[N+](=O)[O-].O=C(CNC(=O)c1ccc(Cl)c([N+](=O)[O-])c1)OCc1ccccc1.O=C(O)c1ccc(Cl)c([N+](=O)[O-])c1.[18F-].[K+]. The van der Waals surface area contributed by atoms with Gasteiger partial charge >= 0.3 is 75.3 Å². The Morgan fingerprint density at radius 1 is 0.513 bits per heavy atom. The number of aromatic carboxylic acids is 1. The fourth-order valence-corrected chi connectivity index (χ4v) is 6.03. The first kappa shape index (κ1) is 67.8. The Balaban J connectivity index is 0.000000532. The second-order valence-electron chi connectivity index (χ2n) is 15.2. The van der Waals surface area contributed by atoms with E-state index in [4.69, 9.17) is 48.6 Å². The summed E-state index contributed by atoms with van der Waals surface area (Å²) < 4.78 is 10.0. The number of nitro groups is 3. The van der Waals surface area contributed by atoms with E-state index in [-0.39, 0.29) is 121 Å². The molecule has 6 aromatic rings. The van der Waals surface area contributed by atoms with Gasteiger partial charge in [0.05, 0.1) is 20.3 Å². The molecule has 0 aliphatic rings. The number of aryl methyl sites for hydroxylation is 2. The predicted molar refractivity (Wildman–Crippen MR) is 274 cm³/mol. The van der Waals surface area contributed by atoms with Crippen molar-refractivity contribution in [1.82, 2.24) is 16.0 Å². The smallest absolute Gasteiger partial charge is 1.00 e. The van der Waals surface area contributed by atoms with Crippen LogP contribution in [0.15, 0.2) is 133 Å². The van der Waals surface area contributed by atoms with Crippen LogP contribution in [0.5, 0.6) is 0 Å². The molecule has 0 aliphatic carbocycles. The third kappa shape index (κ3) is 23.7. The van der Waals surface area contributed by atoms with E-state index in [0.29, 0.717) is 16.8 Å². The summed E-state index contributed by atoms with van der Waals surface area (Å²) in [6.45, 7) is 2.57. The predicted octanol–water partition coefficient (Wildman–Crippen LogP) is 1.44. The van der Waals surface area contributed by atoms with Crippen molar-refractivity contribution in [1.29, 1.82) is 0 Å². The summed E-state index contributed by atoms with van der Waals surface area (Å²) >= 11 is 11.1. The fourth-order valence-electron chi connectivity index (χ4n) is 5.65. The number of carbonyl (C=O) groups is 7. The molecule has 3 amide bonds. The Morgan fingerprint density at radius 3 is 1.24 bits per heavy atom. The molecule has 0 aliphatic heterocycles. The number of amides is 3.